The van der Waals surface area contributed by atoms with Crippen molar-refractivity contribution in [3.05, 3.63) is 0 Å². The van der Waals surface area contributed by atoms with E-state index >= 15 is 0 Å². The van der Waals surface area contributed by atoms with Gasteiger partial charge in [0.2, 0.25) is 0 Å². The van der Waals surface area contributed by atoms with E-state index in [1.54, 1.807) is 0 Å². The third-order valence-corrected chi connectivity index (χ3v) is 6.84. The molecule has 1 heterocycles. The van der Waals surface area contributed by atoms with Crippen LogP contribution in [0.3, 0.4) is 0 Å². The molecule has 4 aliphatic rings. The van der Waals surface area contributed by atoms with Crippen LogP contribution in [-0.2, 0) is 0 Å². The zero-order chi connectivity index (χ0) is 14.1. The van der Waals surface area contributed by atoms with E-state index in [2.05, 4.69) is 10.2 Å². The molecule has 1 N–H and O–H groups in total. The van der Waals surface area contributed by atoms with Gasteiger partial charge in [0, 0.05) is 31.7 Å². The van der Waals surface area contributed by atoms with Crippen LogP contribution in [0.1, 0.15) is 70.6 Å². The molecule has 0 spiro atoms. The molecule has 0 aromatic carbocycles. The summed E-state index contributed by atoms with van der Waals surface area (Å²) in [5, 5.41) is 3.94. The summed E-state index contributed by atoms with van der Waals surface area (Å²) in [7, 11) is 0. The van der Waals surface area contributed by atoms with Crippen LogP contribution in [0.15, 0.2) is 0 Å². The lowest BCUT2D eigenvalue weighted by atomic mass is 9.81. The molecule has 2 heteroatoms. The zero-order valence-electron chi connectivity index (χ0n) is 13.7. The van der Waals surface area contributed by atoms with Crippen LogP contribution in [0.4, 0.5) is 0 Å². The zero-order valence-corrected chi connectivity index (χ0v) is 13.7. The maximum atomic E-state index is 3.94. The third kappa shape index (κ3) is 3.47. The van der Waals surface area contributed by atoms with Crippen molar-refractivity contribution in [2.45, 2.75) is 82.7 Å². The topological polar surface area (TPSA) is 15.3 Å². The van der Waals surface area contributed by atoms with Gasteiger partial charge in [-0.2, -0.15) is 0 Å². The molecule has 0 aromatic rings. The molecule has 1 saturated heterocycles. The molecular formula is C19H34N2. The number of nitrogens with zero attached hydrogens (tertiary/aromatic N) is 1. The van der Waals surface area contributed by atoms with E-state index in [1.807, 2.05) is 0 Å². The number of hydrogen-bond acceptors (Lipinski definition) is 2. The van der Waals surface area contributed by atoms with Gasteiger partial charge in [0.1, 0.15) is 0 Å². The SMILES string of the molecule is C1CCC(C2CNC(C3CC3)CN2CC2CCCC2)CC1. The van der Waals surface area contributed by atoms with E-state index in [9.17, 15) is 0 Å². The smallest absolute Gasteiger partial charge is 0.0249 e. The highest BCUT2D eigenvalue weighted by Gasteiger charge is 2.40. The Kier molecular flexibility index (Phi) is 4.55. The molecule has 2 unspecified atom stereocenters. The maximum Gasteiger partial charge on any atom is 0.0249 e. The molecule has 0 aromatic heterocycles. The quantitative estimate of drug-likeness (QED) is 0.847. The van der Waals surface area contributed by atoms with Gasteiger partial charge in [-0.3, -0.25) is 4.90 Å². The minimum Gasteiger partial charge on any atom is -0.311 e. The van der Waals surface area contributed by atoms with E-state index in [1.165, 1.54) is 90.3 Å². The summed E-state index contributed by atoms with van der Waals surface area (Å²) in [5.74, 6) is 3.03. The first kappa shape index (κ1) is 14.5. The van der Waals surface area contributed by atoms with Gasteiger partial charge < -0.3 is 5.32 Å². The van der Waals surface area contributed by atoms with Crippen molar-refractivity contribution in [1.82, 2.24) is 10.2 Å². The molecule has 3 aliphatic carbocycles. The molecule has 2 atom stereocenters. The van der Waals surface area contributed by atoms with Gasteiger partial charge >= 0.3 is 0 Å². The fraction of sp³-hybridized carbons (Fsp3) is 1.00. The van der Waals surface area contributed by atoms with Crippen LogP contribution in [-0.4, -0.2) is 36.6 Å². The van der Waals surface area contributed by atoms with E-state index in [0.29, 0.717) is 0 Å². The molecule has 0 bridgehead atoms. The van der Waals surface area contributed by atoms with Crippen molar-refractivity contribution in [1.29, 1.82) is 0 Å². The molecule has 1 aliphatic heterocycles. The van der Waals surface area contributed by atoms with Crippen molar-refractivity contribution in [3.8, 4) is 0 Å². The number of hydrogen-bond donors (Lipinski definition) is 1. The minimum absolute atomic E-state index is 0.825. The molecule has 21 heavy (non-hydrogen) atoms. The van der Waals surface area contributed by atoms with E-state index < -0.39 is 0 Å². The van der Waals surface area contributed by atoms with Crippen molar-refractivity contribution < 1.29 is 0 Å². The summed E-state index contributed by atoms with van der Waals surface area (Å²) in [5.41, 5.74) is 0. The average molecular weight is 290 g/mol. The molecule has 0 radical (unpaired) electrons. The molecule has 4 rings (SSSR count). The number of piperazine rings is 1. The second-order valence-electron chi connectivity index (χ2n) is 8.42. The van der Waals surface area contributed by atoms with Crippen LogP contribution in [0.5, 0.6) is 0 Å². The number of rotatable bonds is 4. The Morgan fingerprint density at radius 1 is 0.762 bits per heavy atom. The fourth-order valence-corrected chi connectivity index (χ4v) is 5.39. The van der Waals surface area contributed by atoms with Gasteiger partial charge in [-0.1, -0.05) is 32.1 Å². The first-order valence-electron chi connectivity index (χ1n) is 9.87. The molecule has 4 fully saturated rings. The van der Waals surface area contributed by atoms with Crippen molar-refractivity contribution in [2.24, 2.45) is 17.8 Å². The highest BCUT2D eigenvalue weighted by atomic mass is 15.2. The van der Waals surface area contributed by atoms with Crippen molar-refractivity contribution >= 4 is 0 Å². The first-order chi connectivity index (χ1) is 10.4. The second-order valence-corrected chi connectivity index (χ2v) is 8.42. The van der Waals surface area contributed by atoms with Crippen LogP contribution < -0.4 is 5.32 Å². The normalized spacial score (nSPS) is 37.1. The Labute approximate surface area is 131 Å². The summed E-state index contributed by atoms with van der Waals surface area (Å²) in [6.07, 6.45) is 16.5. The molecule has 3 saturated carbocycles. The summed E-state index contributed by atoms with van der Waals surface area (Å²) in [6.45, 7) is 4.08. The first-order valence-corrected chi connectivity index (χ1v) is 9.87. The van der Waals surface area contributed by atoms with Gasteiger partial charge in [0.15, 0.2) is 0 Å². The van der Waals surface area contributed by atoms with Crippen LogP contribution >= 0.6 is 0 Å². The van der Waals surface area contributed by atoms with Gasteiger partial charge in [-0.15, -0.1) is 0 Å². The highest BCUT2D eigenvalue weighted by Crippen LogP contribution is 2.37. The Hall–Kier alpha value is -0.0800. The third-order valence-electron chi connectivity index (χ3n) is 6.84. The number of nitrogens with one attached hydrogen (secondary N) is 1. The summed E-state index contributed by atoms with van der Waals surface area (Å²) < 4.78 is 0. The molecular weight excluding hydrogens is 256 g/mol. The Bertz CT molecular complexity index is 324. The predicted molar refractivity (Wildman–Crippen MR) is 88.4 cm³/mol. The largest absolute Gasteiger partial charge is 0.311 e. The summed E-state index contributed by atoms with van der Waals surface area (Å²) in [6, 6.07) is 1.69. The lowest BCUT2D eigenvalue weighted by molar-refractivity contribution is 0.0543. The lowest BCUT2D eigenvalue weighted by Gasteiger charge is -2.46. The van der Waals surface area contributed by atoms with Crippen molar-refractivity contribution in [3.63, 3.8) is 0 Å². The van der Waals surface area contributed by atoms with Gasteiger partial charge in [0.05, 0.1) is 0 Å². The summed E-state index contributed by atoms with van der Waals surface area (Å²) in [4.78, 5) is 2.96. The Morgan fingerprint density at radius 3 is 2.19 bits per heavy atom. The van der Waals surface area contributed by atoms with Crippen LogP contribution in [0, 0.1) is 17.8 Å². The highest BCUT2D eigenvalue weighted by molar-refractivity contribution is 4.97. The molecule has 0 amide bonds. The minimum atomic E-state index is 0.825. The predicted octanol–water partition coefficient (Wildman–Crippen LogP) is 3.81. The maximum absolute atomic E-state index is 3.94. The van der Waals surface area contributed by atoms with Crippen molar-refractivity contribution in [2.75, 3.05) is 19.6 Å². The van der Waals surface area contributed by atoms with Crippen LogP contribution in [0.25, 0.3) is 0 Å². The lowest BCUT2D eigenvalue weighted by Crippen LogP contribution is -2.60. The molecule has 120 valence electrons. The second kappa shape index (κ2) is 6.58. The van der Waals surface area contributed by atoms with E-state index in [0.717, 1.165) is 29.8 Å². The van der Waals surface area contributed by atoms with Gasteiger partial charge in [0.25, 0.3) is 0 Å². The van der Waals surface area contributed by atoms with Crippen LogP contribution in [0.2, 0.25) is 0 Å². The average Bonchev–Trinajstić information content (AvgIpc) is 3.26. The Balaban J connectivity index is 1.41. The monoisotopic (exact) mass is 290 g/mol. The fourth-order valence-electron chi connectivity index (χ4n) is 5.39. The van der Waals surface area contributed by atoms with Gasteiger partial charge in [-0.25, -0.2) is 0 Å². The van der Waals surface area contributed by atoms with E-state index in [-0.39, 0.29) is 0 Å². The van der Waals surface area contributed by atoms with Gasteiger partial charge in [-0.05, 0) is 56.3 Å². The standard InChI is InChI=1S/C19H34N2/c1-2-8-17(9-3-1)19-12-20-18(16-10-11-16)14-21(19)13-15-6-4-5-7-15/h15-20H,1-14H2. The summed E-state index contributed by atoms with van der Waals surface area (Å²) >= 11 is 0. The Morgan fingerprint density at radius 2 is 1.48 bits per heavy atom. The molecule has 2 nitrogen and oxygen atoms in total. The van der Waals surface area contributed by atoms with E-state index in [4.69, 9.17) is 0 Å².